The molecule has 1 nitrogen and oxygen atoms in total. The Bertz CT molecular complexity index is 253. The fraction of sp³-hybridized carbons (Fsp3) is 0.455. The molecular weight excluding hydrogens is 148 g/mol. The molecule has 1 heteroatoms. The summed E-state index contributed by atoms with van der Waals surface area (Å²) in [7, 11) is 0. The highest BCUT2D eigenvalue weighted by Crippen LogP contribution is 2.25. The van der Waals surface area contributed by atoms with Crippen molar-refractivity contribution >= 4 is 0 Å². The molecule has 1 aliphatic rings. The van der Waals surface area contributed by atoms with E-state index in [0.29, 0.717) is 0 Å². The molecule has 0 aromatic heterocycles. The third-order valence-electron chi connectivity index (χ3n) is 1.84. The van der Waals surface area contributed by atoms with Gasteiger partial charge < -0.3 is 4.74 Å². The van der Waals surface area contributed by atoms with E-state index in [1.165, 1.54) is 11.1 Å². The molecule has 0 unspecified atom stereocenters. The van der Waals surface area contributed by atoms with Gasteiger partial charge in [-0.25, -0.2) is 0 Å². The maximum absolute atomic E-state index is 5.35. The summed E-state index contributed by atoms with van der Waals surface area (Å²) < 4.78 is 5.35. The Balaban J connectivity index is 0.000000336. The van der Waals surface area contributed by atoms with Gasteiger partial charge >= 0.3 is 0 Å². The fourth-order valence-corrected chi connectivity index (χ4v) is 1.32. The fourth-order valence-electron chi connectivity index (χ4n) is 1.32. The summed E-state index contributed by atoms with van der Waals surface area (Å²) in [5, 5.41) is 0. The molecule has 1 aromatic rings. The van der Waals surface area contributed by atoms with E-state index in [0.717, 1.165) is 18.8 Å². The summed E-state index contributed by atoms with van der Waals surface area (Å²) in [5.74, 6) is 1.07. The van der Waals surface area contributed by atoms with Crippen LogP contribution < -0.4 is 4.74 Å². The number of ether oxygens (including phenoxy) is 1. The zero-order chi connectivity index (χ0) is 8.97. The van der Waals surface area contributed by atoms with Crippen molar-refractivity contribution < 1.29 is 4.74 Å². The van der Waals surface area contributed by atoms with Gasteiger partial charge in [-0.1, -0.05) is 31.5 Å². The van der Waals surface area contributed by atoms with Crippen LogP contribution in [0.2, 0.25) is 0 Å². The molecule has 1 heterocycles. The van der Waals surface area contributed by atoms with Crippen LogP contribution in [0.4, 0.5) is 0 Å². The van der Waals surface area contributed by atoms with Gasteiger partial charge in [-0.05, 0) is 18.6 Å². The molecule has 0 spiro atoms. The standard InChI is InChI=1S/C9H10O.C2H6/c1-7-2-3-9-8(6-7)4-5-10-9;1-2/h2-3,6H,4-5H2,1H3;1-2H3. The molecule has 66 valence electrons. The molecule has 1 aliphatic heterocycles. The first kappa shape index (κ1) is 9.11. The van der Waals surface area contributed by atoms with E-state index < -0.39 is 0 Å². The van der Waals surface area contributed by atoms with Crippen molar-refractivity contribution in [3.05, 3.63) is 29.3 Å². The van der Waals surface area contributed by atoms with Crippen LogP contribution in [0.15, 0.2) is 18.2 Å². The second-order valence-electron chi connectivity index (χ2n) is 2.71. The van der Waals surface area contributed by atoms with Gasteiger partial charge in [0.2, 0.25) is 0 Å². The van der Waals surface area contributed by atoms with Gasteiger partial charge in [0.1, 0.15) is 5.75 Å². The predicted octanol–water partition coefficient (Wildman–Crippen LogP) is 2.96. The summed E-state index contributed by atoms with van der Waals surface area (Å²) >= 11 is 0. The van der Waals surface area contributed by atoms with E-state index in [4.69, 9.17) is 4.74 Å². The van der Waals surface area contributed by atoms with Gasteiger partial charge in [0.05, 0.1) is 6.61 Å². The SMILES string of the molecule is CC.Cc1ccc2c(c1)CCO2. The summed E-state index contributed by atoms with van der Waals surface area (Å²) in [5.41, 5.74) is 2.68. The number of hydrogen-bond donors (Lipinski definition) is 0. The van der Waals surface area contributed by atoms with E-state index in [2.05, 4.69) is 25.1 Å². The van der Waals surface area contributed by atoms with Crippen LogP contribution >= 0.6 is 0 Å². The summed E-state index contributed by atoms with van der Waals surface area (Å²) in [6.07, 6.45) is 1.08. The van der Waals surface area contributed by atoms with Crippen molar-refractivity contribution in [1.82, 2.24) is 0 Å². The van der Waals surface area contributed by atoms with Crippen molar-refractivity contribution in [2.24, 2.45) is 0 Å². The molecule has 0 bridgehead atoms. The van der Waals surface area contributed by atoms with Crippen LogP contribution in [-0.2, 0) is 6.42 Å². The van der Waals surface area contributed by atoms with Gasteiger partial charge in [0.25, 0.3) is 0 Å². The molecule has 2 rings (SSSR count). The Morgan fingerprint density at radius 3 is 2.75 bits per heavy atom. The molecule has 0 saturated heterocycles. The largest absolute Gasteiger partial charge is 0.493 e. The van der Waals surface area contributed by atoms with Crippen molar-refractivity contribution in [2.75, 3.05) is 6.61 Å². The normalized spacial score (nSPS) is 12.6. The Hall–Kier alpha value is -0.980. The predicted molar refractivity (Wildman–Crippen MR) is 51.7 cm³/mol. The van der Waals surface area contributed by atoms with E-state index in [1.54, 1.807) is 0 Å². The van der Waals surface area contributed by atoms with Crippen LogP contribution in [0.25, 0.3) is 0 Å². The molecule has 0 radical (unpaired) electrons. The van der Waals surface area contributed by atoms with E-state index in [-0.39, 0.29) is 0 Å². The average Bonchev–Trinajstić information content (AvgIpc) is 2.54. The maximum Gasteiger partial charge on any atom is 0.122 e. The molecule has 1 aromatic carbocycles. The third kappa shape index (κ3) is 1.79. The lowest BCUT2D eigenvalue weighted by atomic mass is 10.1. The summed E-state index contributed by atoms with van der Waals surface area (Å²) in [6, 6.07) is 6.34. The lowest BCUT2D eigenvalue weighted by Gasteiger charge is -1.97. The van der Waals surface area contributed by atoms with E-state index in [9.17, 15) is 0 Å². The van der Waals surface area contributed by atoms with Gasteiger partial charge in [0.15, 0.2) is 0 Å². The number of aryl methyl sites for hydroxylation is 1. The Labute approximate surface area is 74.4 Å². The first-order chi connectivity index (χ1) is 5.86. The smallest absolute Gasteiger partial charge is 0.122 e. The first-order valence-corrected chi connectivity index (χ1v) is 4.58. The molecule has 0 aliphatic carbocycles. The van der Waals surface area contributed by atoms with Crippen LogP contribution in [0.3, 0.4) is 0 Å². The van der Waals surface area contributed by atoms with E-state index in [1.807, 2.05) is 13.8 Å². The van der Waals surface area contributed by atoms with Crippen LogP contribution in [-0.4, -0.2) is 6.61 Å². The van der Waals surface area contributed by atoms with Crippen LogP contribution in [0.1, 0.15) is 25.0 Å². The highest BCUT2D eigenvalue weighted by molar-refractivity contribution is 5.39. The van der Waals surface area contributed by atoms with Gasteiger partial charge in [-0.15, -0.1) is 0 Å². The Kier molecular flexibility index (Phi) is 3.15. The number of hydrogen-bond acceptors (Lipinski definition) is 1. The molecule has 0 atom stereocenters. The minimum Gasteiger partial charge on any atom is -0.493 e. The van der Waals surface area contributed by atoms with E-state index >= 15 is 0 Å². The minimum absolute atomic E-state index is 0.860. The molecule has 0 amide bonds. The highest BCUT2D eigenvalue weighted by Gasteiger charge is 2.09. The van der Waals surface area contributed by atoms with Crippen molar-refractivity contribution in [3.63, 3.8) is 0 Å². The molecule has 0 N–H and O–H groups in total. The Morgan fingerprint density at radius 2 is 2.00 bits per heavy atom. The molecule has 0 fully saturated rings. The maximum atomic E-state index is 5.35. The minimum atomic E-state index is 0.860. The lowest BCUT2D eigenvalue weighted by molar-refractivity contribution is 0.357. The molecular formula is C11H16O. The molecule has 12 heavy (non-hydrogen) atoms. The van der Waals surface area contributed by atoms with Crippen molar-refractivity contribution in [2.45, 2.75) is 27.2 Å². The monoisotopic (exact) mass is 164 g/mol. The number of benzene rings is 1. The summed E-state index contributed by atoms with van der Waals surface area (Å²) in [4.78, 5) is 0. The number of rotatable bonds is 0. The van der Waals surface area contributed by atoms with Crippen LogP contribution in [0, 0.1) is 6.92 Å². The van der Waals surface area contributed by atoms with Crippen molar-refractivity contribution in [1.29, 1.82) is 0 Å². The second-order valence-corrected chi connectivity index (χ2v) is 2.71. The zero-order valence-corrected chi connectivity index (χ0v) is 8.05. The topological polar surface area (TPSA) is 9.23 Å². The van der Waals surface area contributed by atoms with Gasteiger partial charge in [-0.3, -0.25) is 0 Å². The molecule has 0 saturated carbocycles. The van der Waals surface area contributed by atoms with Gasteiger partial charge in [-0.2, -0.15) is 0 Å². The van der Waals surface area contributed by atoms with Crippen LogP contribution in [0.5, 0.6) is 5.75 Å². The average molecular weight is 164 g/mol. The lowest BCUT2D eigenvalue weighted by Crippen LogP contribution is -1.85. The Morgan fingerprint density at radius 1 is 1.25 bits per heavy atom. The van der Waals surface area contributed by atoms with Gasteiger partial charge in [0, 0.05) is 6.42 Å². The number of fused-ring (bicyclic) bond motifs is 1. The summed E-state index contributed by atoms with van der Waals surface area (Å²) in [6.45, 7) is 6.97. The van der Waals surface area contributed by atoms with Crippen molar-refractivity contribution in [3.8, 4) is 5.75 Å². The third-order valence-corrected chi connectivity index (χ3v) is 1.84. The highest BCUT2D eigenvalue weighted by atomic mass is 16.5. The first-order valence-electron chi connectivity index (χ1n) is 4.58. The second kappa shape index (κ2) is 4.15. The quantitative estimate of drug-likeness (QED) is 0.573. The zero-order valence-electron chi connectivity index (χ0n) is 8.05.